The molecule has 0 amide bonds. The van der Waals surface area contributed by atoms with Gasteiger partial charge in [-0.2, -0.15) is 0 Å². The van der Waals surface area contributed by atoms with Crippen molar-refractivity contribution in [2.24, 2.45) is 0 Å². The number of nitrogens with zero attached hydrogens (tertiary/aromatic N) is 2. The Bertz CT molecular complexity index is 514. The van der Waals surface area contributed by atoms with Gasteiger partial charge in [-0.25, -0.2) is 4.98 Å². The number of hydrogen-bond donors (Lipinski definition) is 1. The van der Waals surface area contributed by atoms with Crippen LogP contribution in [0.15, 0.2) is 36.7 Å². The molecule has 0 aliphatic carbocycles. The fourth-order valence-electron chi connectivity index (χ4n) is 1.80. The van der Waals surface area contributed by atoms with E-state index in [0.717, 1.165) is 35.1 Å². The highest BCUT2D eigenvalue weighted by Crippen LogP contribution is 2.19. The molecule has 0 radical (unpaired) electrons. The summed E-state index contributed by atoms with van der Waals surface area (Å²) in [4.78, 5) is 4.35. The van der Waals surface area contributed by atoms with Crippen LogP contribution < -0.4 is 0 Å². The number of hydrogen-bond acceptors (Lipinski definition) is 2. The molecule has 84 valence electrons. The van der Waals surface area contributed by atoms with Crippen molar-refractivity contribution < 1.29 is 5.11 Å². The van der Waals surface area contributed by atoms with Gasteiger partial charge < -0.3 is 9.67 Å². The van der Waals surface area contributed by atoms with Crippen molar-refractivity contribution in [1.82, 2.24) is 9.55 Å². The van der Waals surface area contributed by atoms with Gasteiger partial charge in [0, 0.05) is 29.9 Å². The third-order valence-corrected chi connectivity index (χ3v) is 2.67. The summed E-state index contributed by atoms with van der Waals surface area (Å²) < 4.78 is 2.08. The first-order chi connectivity index (χ1) is 7.72. The van der Waals surface area contributed by atoms with Crippen LogP contribution in [-0.2, 0) is 13.2 Å². The summed E-state index contributed by atoms with van der Waals surface area (Å²) in [5, 5.41) is 10.3. The van der Waals surface area contributed by atoms with Crippen LogP contribution in [0, 0.1) is 0 Å². The topological polar surface area (TPSA) is 38.0 Å². The van der Waals surface area contributed by atoms with Crippen LogP contribution in [0.25, 0.3) is 11.0 Å². The van der Waals surface area contributed by atoms with Crippen molar-refractivity contribution >= 4 is 11.0 Å². The Morgan fingerprint density at radius 2 is 2.38 bits per heavy atom. The van der Waals surface area contributed by atoms with E-state index in [1.165, 1.54) is 0 Å². The lowest BCUT2D eigenvalue weighted by Crippen LogP contribution is -1.97. The first kappa shape index (κ1) is 10.9. The first-order valence-corrected chi connectivity index (χ1v) is 5.40. The average molecular weight is 216 g/mol. The van der Waals surface area contributed by atoms with Gasteiger partial charge in [-0.3, -0.25) is 0 Å². The third kappa shape index (κ3) is 1.99. The van der Waals surface area contributed by atoms with Crippen LogP contribution in [0.1, 0.15) is 18.9 Å². The molecule has 0 atom stereocenters. The molecule has 16 heavy (non-hydrogen) atoms. The van der Waals surface area contributed by atoms with E-state index in [1.807, 2.05) is 25.3 Å². The predicted octanol–water partition coefficient (Wildman–Crippen LogP) is 2.49. The summed E-state index contributed by atoms with van der Waals surface area (Å²) in [6.07, 6.45) is 4.69. The quantitative estimate of drug-likeness (QED) is 0.797. The second-order valence-electron chi connectivity index (χ2n) is 4.09. The van der Waals surface area contributed by atoms with Crippen molar-refractivity contribution in [1.29, 1.82) is 0 Å². The molecule has 1 N–H and O–H groups in total. The van der Waals surface area contributed by atoms with Gasteiger partial charge in [-0.05, 0) is 25.5 Å². The van der Waals surface area contributed by atoms with Gasteiger partial charge >= 0.3 is 0 Å². The molecule has 2 aromatic heterocycles. The lowest BCUT2D eigenvalue weighted by Gasteiger charge is -2.03. The zero-order valence-electron chi connectivity index (χ0n) is 9.48. The molecule has 0 aromatic carbocycles. The van der Waals surface area contributed by atoms with E-state index < -0.39 is 0 Å². The highest BCUT2D eigenvalue weighted by Gasteiger charge is 2.07. The van der Waals surface area contributed by atoms with Gasteiger partial charge in [0.15, 0.2) is 0 Å². The van der Waals surface area contributed by atoms with E-state index in [-0.39, 0.29) is 6.61 Å². The first-order valence-electron chi connectivity index (χ1n) is 5.40. The molecule has 3 nitrogen and oxygen atoms in total. The fourth-order valence-corrected chi connectivity index (χ4v) is 1.80. The lowest BCUT2D eigenvalue weighted by molar-refractivity contribution is 0.283. The molecule has 0 aliphatic heterocycles. The van der Waals surface area contributed by atoms with Gasteiger partial charge in [-0.15, -0.1) is 6.58 Å². The molecule has 0 unspecified atom stereocenters. The van der Waals surface area contributed by atoms with E-state index in [9.17, 15) is 5.11 Å². The number of aliphatic hydroxyl groups is 1. The average Bonchev–Trinajstić information content (AvgIpc) is 2.65. The Morgan fingerprint density at radius 3 is 3.06 bits per heavy atom. The molecule has 0 spiro atoms. The molecule has 0 saturated heterocycles. The summed E-state index contributed by atoms with van der Waals surface area (Å²) in [7, 11) is 0. The van der Waals surface area contributed by atoms with Gasteiger partial charge in [0.05, 0.1) is 6.61 Å². The summed E-state index contributed by atoms with van der Waals surface area (Å²) in [5.74, 6) is 0. The van der Waals surface area contributed by atoms with Crippen LogP contribution in [0.2, 0.25) is 0 Å². The summed E-state index contributed by atoms with van der Waals surface area (Å²) >= 11 is 0. The van der Waals surface area contributed by atoms with E-state index in [1.54, 1.807) is 6.20 Å². The minimum absolute atomic E-state index is 0.0578. The van der Waals surface area contributed by atoms with E-state index >= 15 is 0 Å². The molecule has 3 heteroatoms. The molecular formula is C13H16N2O. The molecule has 0 bridgehead atoms. The Kier molecular flexibility index (Phi) is 3.06. The second-order valence-corrected chi connectivity index (χ2v) is 4.09. The van der Waals surface area contributed by atoms with Crippen molar-refractivity contribution in [3.63, 3.8) is 0 Å². The normalized spacial score (nSPS) is 10.9. The minimum Gasteiger partial charge on any atom is -0.392 e. The number of aromatic nitrogens is 2. The van der Waals surface area contributed by atoms with Crippen molar-refractivity contribution in [2.45, 2.75) is 26.5 Å². The number of fused-ring (bicyclic) bond motifs is 1. The Hall–Kier alpha value is -1.61. The monoisotopic (exact) mass is 216 g/mol. The smallest absolute Gasteiger partial charge is 0.140 e. The molecule has 2 heterocycles. The number of aliphatic hydroxyl groups excluding tert-OH is 1. The number of rotatable bonds is 4. The Balaban J connectivity index is 2.41. The maximum atomic E-state index is 9.27. The molecule has 2 aromatic rings. The van der Waals surface area contributed by atoms with Gasteiger partial charge in [0.1, 0.15) is 5.65 Å². The molecular weight excluding hydrogens is 200 g/mol. The summed E-state index contributed by atoms with van der Waals surface area (Å²) in [6, 6.07) is 3.88. The standard InChI is InChI=1S/C13H16N2O/c1-10(2)5-7-15-8-11(9-16)12-4-3-6-14-13(12)15/h3-4,6,8,16H,1,5,7,9H2,2H3. The van der Waals surface area contributed by atoms with Crippen LogP contribution in [0.5, 0.6) is 0 Å². The predicted molar refractivity (Wildman–Crippen MR) is 65.1 cm³/mol. The number of aryl methyl sites for hydroxylation is 1. The Morgan fingerprint density at radius 1 is 1.56 bits per heavy atom. The van der Waals surface area contributed by atoms with Gasteiger partial charge in [0.25, 0.3) is 0 Å². The number of allylic oxidation sites excluding steroid dienone is 1. The second kappa shape index (κ2) is 4.49. The van der Waals surface area contributed by atoms with Crippen LogP contribution in [-0.4, -0.2) is 14.7 Å². The zero-order chi connectivity index (χ0) is 11.5. The maximum absolute atomic E-state index is 9.27. The largest absolute Gasteiger partial charge is 0.392 e. The number of pyridine rings is 1. The third-order valence-electron chi connectivity index (χ3n) is 2.67. The van der Waals surface area contributed by atoms with Crippen LogP contribution >= 0.6 is 0 Å². The summed E-state index contributed by atoms with van der Waals surface area (Å²) in [6.45, 7) is 6.84. The SMILES string of the molecule is C=C(C)CCn1cc(CO)c2cccnc21. The fraction of sp³-hybridized carbons (Fsp3) is 0.308. The molecule has 0 fully saturated rings. The lowest BCUT2D eigenvalue weighted by atomic mass is 10.2. The summed E-state index contributed by atoms with van der Waals surface area (Å²) in [5.41, 5.74) is 3.03. The van der Waals surface area contributed by atoms with Crippen LogP contribution in [0.3, 0.4) is 0 Å². The van der Waals surface area contributed by atoms with E-state index in [4.69, 9.17) is 0 Å². The highest BCUT2D eigenvalue weighted by molar-refractivity contribution is 5.80. The van der Waals surface area contributed by atoms with Crippen molar-refractivity contribution in [3.05, 3.63) is 42.2 Å². The van der Waals surface area contributed by atoms with Crippen molar-refractivity contribution in [2.75, 3.05) is 0 Å². The molecule has 0 aliphatic rings. The van der Waals surface area contributed by atoms with Gasteiger partial charge in [0.2, 0.25) is 0 Å². The Labute approximate surface area is 95.0 Å². The maximum Gasteiger partial charge on any atom is 0.140 e. The van der Waals surface area contributed by atoms with Crippen molar-refractivity contribution in [3.8, 4) is 0 Å². The molecule has 2 rings (SSSR count). The minimum atomic E-state index is 0.0578. The zero-order valence-corrected chi connectivity index (χ0v) is 9.48. The van der Waals surface area contributed by atoms with Crippen LogP contribution in [0.4, 0.5) is 0 Å². The van der Waals surface area contributed by atoms with E-state index in [0.29, 0.717) is 0 Å². The van der Waals surface area contributed by atoms with Gasteiger partial charge in [-0.1, -0.05) is 5.57 Å². The highest BCUT2D eigenvalue weighted by atomic mass is 16.3. The van der Waals surface area contributed by atoms with E-state index in [2.05, 4.69) is 16.1 Å². The molecule has 0 saturated carbocycles.